The van der Waals surface area contributed by atoms with Crippen molar-refractivity contribution in [3.05, 3.63) is 45.6 Å². The Morgan fingerprint density at radius 2 is 1.96 bits per heavy atom. The number of hydrogen-bond acceptors (Lipinski definition) is 5. The number of thioether (sulfide) groups is 1. The number of carbonyl (C=O) groups excluding carboxylic acids is 1. The normalized spacial score (nSPS) is 11.2. The number of nitrogens with one attached hydrogen (secondary N) is 1. The molecule has 2 aromatic heterocycles. The van der Waals surface area contributed by atoms with Crippen molar-refractivity contribution in [3.63, 3.8) is 0 Å². The minimum absolute atomic E-state index is 0.0350. The molecule has 1 aromatic carbocycles. The molecule has 0 aliphatic rings. The van der Waals surface area contributed by atoms with E-state index >= 15 is 0 Å². The van der Waals surface area contributed by atoms with E-state index in [0.29, 0.717) is 11.7 Å². The van der Waals surface area contributed by atoms with Gasteiger partial charge in [0.15, 0.2) is 11.0 Å². The van der Waals surface area contributed by atoms with Crippen LogP contribution in [-0.2, 0) is 11.3 Å². The van der Waals surface area contributed by atoms with Crippen LogP contribution in [-0.4, -0.2) is 26.4 Å². The number of para-hydroxylation sites is 1. The predicted octanol–water partition coefficient (Wildman–Crippen LogP) is 5.50. The number of benzene rings is 1. The highest BCUT2D eigenvalue weighted by Crippen LogP contribution is 2.31. The van der Waals surface area contributed by atoms with Gasteiger partial charge in [0.2, 0.25) is 5.91 Å². The van der Waals surface area contributed by atoms with E-state index in [1.165, 1.54) is 16.6 Å². The number of aryl methyl sites for hydroxylation is 2. The summed E-state index contributed by atoms with van der Waals surface area (Å²) in [5, 5.41) is 14.6. The predicted molar refractivity (Wildman–Crippen MR) is 118 cm³/mol. The van der Waals surface area contributed by atoms with E-state index in [0.717, 1.165) is 39.9 Å². The summed E-state index contributed by atoms with van der Waals surface area (Å²) in [7, 11) is 0. The van der Waals surface area contributed by atoms with Crippen molar-refractivity contribution in [1.82, 2.24) is 14.8 Å². The number of aromatic nitrogens is 3. The lowest BCUT2D eigenvalue weighted by atomic mass is 10.1. The molecule has 0 saturated carbocycles. The standard InChI is InChI=1S/C21H26N4OS2/c1-6-25-20(16-10-17(13(2)3)27-11-16)23-24-21(25)28-12-18(26)22-19-14(4)8-7-9-15(19)5/h7-11,13H,6,12H2,1-5H3,(H,22,26). The SMILES string of the molecule is CCn1c(SCC(=O)Nc2c(C)cccc2C)nnc1-c1csc(C(C)C)c1. The Bertz CT molecular complexity index is 954. The highest BCUT2D eigenvalue weighted by molar-refractivity contribution is 7.99. The fourth-order valence-corrected chi connectivity index (χ4v) is 4.69. The van der Waals surface area contributed by atoms with Crippen molar-refractivity contribution in [2.45, 2.75) is 52.2 Å². The summed E-state index contributed by atoms with van der Waals surface area (Å²) in [6.07, 6.45) is 0. The van der Waals surface area contributed by atoms with Gasteiger partial charge in [0, 0.05) is 28.1 Å². The van der Waals surface area contributed by atoms with E-state index in [4.69, 9.17) is 0 Å². The van der Waals surface area contributed by atoms with Crippen LogP contribution in [0.15, 0.2) is 34.8 Å². The van der Waals surface area contributed by atoms with Crippen molar-refractivity contribution >= 4 is 34.7 Å². The molecule has 0 atom stereocenters. The first-order chi connectivity index (χ1) is 13.4. The number of hydrogen-bond donors (Lipinski definition) is 1. The molecule has 1 N–H and O–H groups in total. The topological polar surface area (TPSA) is 59.8 Å². The first kappa shape index (κ1) is 20.6. The molecule has 0 unspecified atom stereocenters. The fourth-order valence-electron chi connectivity index (χ4n) is 2.98. The van der Waals surface area contributed by atoms with Crippen LogP contribution in [0.3, 0.4) is 0 Å². The molecule has 148 valence electrons. The Morgan fingerprint density at radius 1 is 1.25 bits per heavy atom. The van der Waals surface area contributed by atoms with Gasteiger partial charge in [-0.2, -0.15) is 0 Å². The summed E-state index contributed by atoms with van der Waals surface area (Å²) in [5.41, 5.74) is 4.12. The zero-order valence-corrected chi connectivity index (χ0v) is 18.6. The van der Waals surface area contributed by atoms with Crippen molar-refractivity contribution in [2.24, 2.45) is 0 Å². The lowest BCUT2D eigenvalue weighted by Gasteiger charge is -2.11. The third-order valence-corrected chi connectivity index (χ3v) is 6.76. The van der Waals surface area contributed by atoms with Crippen molar-refractivity contribution in [2.75, 3.05) is 11.1 Å². The summed E-state index contributed by atoms with van der Waals surface area (Å²) >= 11 is 3.17. The molecule has 2 heterocycles. The zero-order chi connectivity index (χ0) is 20.3. The lowest BCUT2D eigenvalue weighted by molar-refractivity contribution is -0.113. The maximum absolute atomic E-state index is 12.5. The van der Waals surface area contributed by atoms with Crippen LogP contribution in [0.2, 0.25) is 0 Å². The maximum Gasteiger partial charge on any atom is 0.234 e. The van der Waals surface area contributed by atoms with Crippen molar-refractivity contribution < 1.29 is 4.79 Å². The van der Waals surface area contributed by atoms with Gasteiger partial charge in [0.1, 0.15) is 0 Å². The van der Waals surface area contributed by atoms with Gasteiger partial charge in [0.05, 0.1) is 5.75 Å². The highest BCUT2D eigenvalue weighted by atomic mass is 32.2. The molecule has 0 aliphatic carbocycles. The van der Waals surface area contributed by atoms with Gasteiger partial charge >= 0.3 is 0 Å². The van der Waals surface area contributed by atoms with Crippen LogP contribution in [0.5, 0.6) is 0 Å². The smallest absolute Gasteiger partial charge is 0.234 e. The Balaban J connectivity index is 1.71. The summed E-state index contributed by atoms with van der Waals surface area (Å²) in [6, 6.07) is 8.19. The first-order valence-electron chi connectivity index (χ1n) is 9.41. The molecule has 0 bridgehead atoms. The molecule has 0 aliphatic heterocycles. The molecule has 0 radical (unpaired) electrons. The average Bonchev–Trinajstić information content (AvgIpc) is 3.29. The number of amides is 1. The van der Waals surface area contributed by atoms with Gasteiger partial charge in [0.25, 0.3) is 0 Å². The third kappa shape index (κ3) is 4.47. The van der Waals surface area contributed by atoms with E-state index in [-0.39, 0.29) is 5.91 Å². The van der Waals surface area contributed by atoms with E-state index < -0.39 is 0 Å². The minimum Gasteiger partial charge on any atom is -0.325 e. The zero-order valence-electron chi connectivity index (χ0n) is 16.9. The monoisotopic (exact) mass is 414 g/mol. The summed E-state index contributed by atoms with van der Waals surface area (Å²) < 4.78 is 2.07. The number of carbonyl (C=O) groups is 1. The molecular weight excluding hydrogens is 388 g/mol. The number of thiophene rings is 1. The number of rotatable bonds is 7. The molecule has 3 rings (SSSR count). The molecule has 0 spiro atoms. The third-order valence-electron chi connectivity index (χ3n) is 4.56. The Labute approximate surface area is 174 Å². The molecule has 7 heteroatoms. The minimum atomic E-state index is -0.0350. The van der Waals surface area contributed by atoms with E-state index in [2.05, 4.69) is 52.3 Å². The van der Waals surface area contributed by atoms with Crippen LogP contribution in [0, 0.1) is 13.8 Å². The maximum atomic E-state index is 12.5. The number of nitrogens with zero attached hydrogens (tertiary/aromatic N) is 3. The van der Waals surface area contributed by atoms with Gasteiger partial charge < -0.3 is 9.88 Å². The molecule has 0 saturated heterocycles. The van der Waals surface area contributed by atoms with E-state index in [1.807, 2.05) is 32.0 Å². The lowest BCUT2D eigenvalue weighted by Crippen LogP contribution is -2.16. The molecule has 1 amide bonds. The van der Waals surface area contributed by atoms with Crippen molar-refractivity contribution in [1.29, 1.82) is 0 Å². The summed E-state index contributed by atoms with van der Waals surface area (Å²) in [4.78, 5) is 13.8. The van der Waals surface area contributed by atoms with E-state index in [9.17, 15) is 4.79 Å². The van der Waals surface area contributed by atoms with Crippen LogP contribution < -0.4 is 5.32 Å². The number of anilines is 1. The highest BCUT2D eigenvalue weighted by Gasteiger charge is 2.17. The fraction of sp³-hybridized carbons (Fsp3) is 0.381. The molecular formula is C21H26N4OS2. The molecule has 3 aromatic rings. The van der Waals surface area contributed by atoms with Gasteiger partial charge in [-0.3, -0.25) is 4.79 Å². The molecule has 5 nitrogen and oxygen atoms in total. The summed E-state index contributed by atoms with van der Waals surface area (Å²) in [5.74, 6) is 1.63. The second-order valence-electron chi connectivity index (χ2n) is 7.05. The van der Waals surface area contributed by atoms with Gasteiger partial charge in [-0.05, 0) is 43.9 Å². The molecule has 28 heavy (non-hydrogen) atoms. The van der Waals surface area contributed by atoms with Crippen LogP contribution in [0.25, 0.3) is 11.4 Å². The Kier molecular flexibility index (Phi) is 6.57. The second kappa shape index (κ2) is 8.92. The van der Waals surface area contributed by atoms with Gasteiger partial charge in [-0.1, -0.05) is 43.8 Å². The first-order valence-corrected chi connectivity index (χ1v) is 11.3. The quantitative estimate of drug-likeness (QED) is 0.519. The van der Waals surface area contributed by atoms with Crippen LogP contribution in [0.1, 0.15) is 42.7 Å². The average molecular weight is 415 g/mol. The Morgan fingerprint density at radius 3 is 2.57 bits per heavy atom. The Hall–Kier alpha value is -2.12. The second-order valence-corrected chi connectivity index (χ2v) is 8.93. The van der Waals surface area contributed by atoms with Gasteiger partial charge in [-0.15, -0.1) is 21.5 Å². The van der Waals surface area contributed by atoms with E-state index in [1.54, 1.807) is 11.3 Å². The molecule has 0 fully saturated rings. The van der Waals surface area contributed by atoms with Crippen LogP contribution >= 0.6 is 23.1 Å². The summed E-state index contributed by atoms with van der Waals surface area (Å²) in [6.45, 7) is 11.2. The van der Waals surface area contributed by atoms with Crippen molar-refractivity contribution in [3.8, 4) is 11.4 Å². The van der Waals surface area contributed by atoms with Crippen LogP contribution in [0.4, 0.5) is 5.69 Å². The van der Waals surface area contributed by atoms with Gasteiger partial charge in [-0.25, -0.2) is 0 Å². The largest absolute Gasteiger partial charge is 0.325 e.